The Morgan fingerprint density at radius 3 is 2.83 bits per heavy atom. The summed E-state index contributed by atoms with van der Waals surface area (Å²) in [6.45, 7) is 0. The maximum Gasteiger partial charge on any atom is 0.237 e. The highest BCUT2D eigenvalue weighted by Crippen LogP contribution is 2.33. The minimum atomic E-state index is -0.726. The SMILES string of the molecule is CNC1(C(N)=O)CCC(Oc2ccccc2F)C1. The molecular formula is C13H17FN2O2. The van der Waals surface area contributed by atoms with Crippen LogP contribution in [0.5, 0.6) is 5.75 Å². The average Bonchev–Trinajstić information content (AvgIpc) is 2.77. The van der Waals surface area contributed by atoms with Gasteiger partial charge in [0.2, 0.25) is 5.91 Å². The maximum atomic E-state index is 13.4. The van der Waals surface area contributed by atoms with Crippen molar-refractivity contribution in [3.63, 3.8) is 0 Å². The van der Waals surface area contributed by atoms with Gasteiger partial charge in [0.25, 0.3) is 0 Å². The molecule has 98 valence electrons. The standard InChI is InChI=1S/C13H17FN2O2/c1-16-13(12(15)17)7-6-9(8-13)18-11-5-3-2-4-10(11)14/h2-5,9,16H,6-8H2,1H3,(H2,15,17). The molecule has 1 aromatic rings. The third-order valence-corrected chi connectivity index (χ3v) is 3.55. The molecule has 2 unspecified atom stereocenters. The molecule has 1 aromatic carbocycles. The molecule has 0 aliphatic heterocycles. The van der Waals surface area contributed by atoms with Gasteiger partial charge in [-0.1, -0.05) is 12.1 Å². The quantitative estimate of drug-likeness (QED) is 0.846. The number of nitrogens with one attached hydrogen (secondary N) is 1. The van der Waals surface area contributed by atoms with Crippen LogP contribution in [0.2, 0.25) is 0 Å². The van der Waals surface area contributed by atoms with Crippen molar-refractivity contribution in [2.45, 2.75) is 30.9 Å². The Labute approximate surface area is 105 Å². The van der Waals surface area contributed by atoms with Crippen LogP contribution in [-0.4, -0.2) is 24.6 Å². The molecule has 0 saturated heterocycles. The topological polar surface area (TPSA) is 64.3 Å². The molecular weight excluding hydrogens is 235 g/mol. The van der Waals surface area contributed by atoms with Crippen LogP contribution in [-0.2, 0) is 4.79 Å². The lowest BCUT2D eigenvalue weighted by Gasteiger charge is -2.24. The third kappa shape index (κ3) is 2.31. The summed E-state index contributed by atoms with van der Waals surface area (Å²) in [4.78, 5) is 11.4. The molecule has 5 heteroatoms. The summed E-state index contributed by atoms with van der Waals surface area (Å²) in [5, 5.41) is 2.96. The number of rotatable bonds is 4. The Morgan fingerprint density at radius 2 is 2.28 bits per heavy atom. The second-order valence-corrected chi connectivity index (χ2v) is 4.61. The maximum absolute atomic E-state index is 13.4. The first-order valence-electron chi connectivity index (χ1n) is 5.97. The second-order valence-electron chi connectivity index (χ2n) is 4.61. The molecule has 4 nitrogen and oxygen atoms in total. The number of likely N-dealkylation sites (N-methyl/N-ethyl adjacent to an activating group) is 1. The van der Waals surface area contributed by atoms with E-state index in [1.165, 1.54) is 6.07 Å². The van der Waals surface area contributed by atoms with Gasteiger partial charge < -0.3 is 15.8 Å². The molecule has 18 heavy (non-hydrogen) atoms. The van der Waals surface area contributed by atoms with Crippen molar-refractivity contribution in [1.29, 1.82) is 0 Å². The first kappa shape index (κ1) is 12.8. The number of primary amides is 1. The van der Waals surface area contributed by atoms with E-state index in [0.29, 0.717) is 19.3 Å². The molecule has 2 rings (SSSR count). The smallest absolute Gasteiger partial charge is 0.237 e. The molecule has 1 aliphatic rings. The Morgan fingerprint density at radius 1 is 1.56 bits per heavy atom. The summed E-state index contributed by atoms with van der Waals surface area (Å²) in [5.74, 6) is -0.554. The monoisotopic (exact) mass is 252 g/mol. The summed E-state index contributed by atoms with van der Waals surface area (Å²) in [7, 11) is 1.70. The van der Waals surface area contributed by atoms with Gasteiger partial charge in [0.15, 0.2) is 11.6 Å². The fraction of sp³-hybridized carbons (Fsp3) is 0.462. The molecule has 3 N–H and O–H groups in total. The molecule has 0 heterocycles. The summed E-state index contributed by atoms with van der Waals surface area (Å²) in [6.07, 6.45) is 1.56. The van der Waals surface area contributed by atoms with Crippen LogP contribution < -0.4 is 15.8 Å². The Bertz CT molecular complexity index is 452. The molecule has 1 aliphatic carbocycles. The fourth-order valence-electron chi connectivity index (χ4n) is 2.39. The fourth-order valence-corrected chi connectivity index (χ4v) is 2.39. The lowest BCUT2D eigenvalue weighted by molar-refractivity contribution is -0.124. The lowest BCUT2D eigenvalue weighted by Crippen LogP contribution is -2.52. The number of hydrogen-bond donors (Lipinski definition) is 2. The van der Waals surface area contributed by atoms with Gasteiger partial charge in [-0.3, -0.25) is 4.79 Å². The van der Waals surface area contributed by atoms with Crippen LogP contribution >= 0.6 is 0 Å². The van der Waals surface area contributed by atoms with Crippen molar-refractivity contribution in [2.24, 2.45) is 5.73 Å². The van der Waals surface area contributed by atoms with Crippen molar-refractivity contribution in [3.05, 3.63) is 30.1 Å². The molecule has 0 radical (unpaired) electrons. The Balaban J connectivity index is 2.06. The molecule has 0 aromatic heterocycles. The van der Waals surface area contributed by atoms with E-state index in [1.54, 1.807) is 25.2 Å². The number of nitrogens with two attached hydrogens (primary N) is 1. The predicted octanol–water partition coefficient (Wildman–Crippen LogP) is 1.20. The number of benzene rings is 1. The normalized spacial score (nSPS) is 27.1. The zero-order valence-corrected chi connectivity index (χ0v) is 10.3. The molecule has 1 saturated carbocycles. The molecule has 2 atom stereocenters. The second kappa shape index (κ2) is 4.94. The summed E-state index contributed by atoms with van der Waals surface area (Å²) >= 11 is 0. The van der Waals surface area contributed by atoms with Crippen molar-refractivity contribution < 1.29 is 13.9 Å². The third-order valence-electron chi connectivity index (χ3n) is 3.55. The minimum absolute atomic E-state index is 0.193. The first-order chi connectivity index (χ1) is 8.57. The predicted molar refractivity (Wildman–Crippen MR) is 65.7 cm³/mol. The summed E-state index contributed by atoms with van der Waals surface area (Å²) < 4.78 is 19.0. The number of carbonyl (C=O) groups excluding carboxylic acids is 1. The molecule has 0 bridgehead atoms. The molecule has 0 spiro atoms. The van der Waals surface area contributed by atoms with Crippen molar-refractivity contribution in [2.75, 3.05) is 7.05 Å². The van der Waals surface area contributed by atoms with Gasteiger partial charge in [-0.2, -0.15) is 0 Å². The van der Waals surface area contributed by atoms with Crippen LogP contribution in [0.25, 0.3) is 0 Å². The number of amides is 1. The largest absolute Gasteiger partial charge is 0.487 e. The van der Waals surface area contributed by atoms with Gasteiger partial charge >= 0.3 is 0 Å². The minimum Gasteiger partial charge on any atom is -0.487 e. The number of hydrogen-bond acceptors (Lipinski definition) is 3. The van der Waals surface area contributed by atoms with E-state index in [-0.39, 0.29) is 17.8 Å². The van der Waals surface area contributed by atoms with E-state index >= 15 is 0 Å². The van der Waals surface area contributed by atoms with Crippen LogP contribution in [0.15, 0.2) is 24.3 Å². The van der Waals surface area contributed by atoms with Crippen LogP contribution in [0.1, 0.15) is 19.3 Å². The van der Waals surface area contributed by atoms with Crippen LogP contribution in [0, 0.1) is 5.82 Å². The Hall–Kier alpha value is -1.62. The van der Waals surface area contributed by atoms with E-state index in [2.05, 4.69) is 5.32 Å². The lowest BCUT2D eigenvalue weighted by atomic mass is 9.97. The van der Waals surface area contributed by atoms with E-state index in [1.807, 2.05) is 0 Å². The van der Waals surface area contributed by atoms with Crippen LogP contribution in [0.4, 0.5) is 4.39 Å². The number of ether oxygens (including phenoxy) is 1. The van der Waals surface area contributed by atoms with Crippen molar-refractivity contribution in [1.82, 2.24) is 5.32 Å². The summed E-state index contributed by atoms with van der Waals surface area (Å²) in [6, 6.07) is 6.26. The number of carbonyl (C=O) groups is 1. The highest BCUT2D eigenvalue weighted by Gasteiger charge is 2.43. The number of halogens is 1. The molecule has 1 amide bonds. The van der Waals surface area contributed by atoms with E-state index < -0.39 is 11.4 Å². The average molecular weight is 252 g/mol. The van der Waals surface area contributed by atoms with Crippen molar-refractivity contribution >= 4 is 5.91 Å². The van der Waals surface area contributed by atoms with Gasteiger partial charge in [0.1, 0.15) is 11.6 Å². The Kier molecular flexibility index (Phi) is 3.52. The molecule has 1 fully saturated rings. The highest BCUT2D eigenvalue weighted by molar-refractivity contribution is 5.85. The van der Waals surface area contributed by atoms with Gasteiger partial charge in [-0.25, -0.2) is 4.39 Å². The van der Waals surface area contributed by atoms with E-state index in [9.17, 15) is 9.18 Å². The van der Waals surface area contributed by atoms with Gasteiger partial charge in [0, 0.05) is 6.42 Å². The zero-order chi connectivity index (χ0) is 13.2. The first-order valence-corrected chi connectivity index (χ1v) is 5.97. The zero-order valence-electron chi connectivity index (χ0n) is 10.3. The van der Waals surface area contributed by atoms with Crippen LogP contribution in [0.3, 0.4) is 0 Å². The van der Waals surface area contributed by atoms with Crippen molar-refractivity contribution in [3.8, 4) is 5.75 Å². The van der Waals surface area contributed by atoms with Gasteiger partial charge in [-0.15, -0.1) is 0 Å². The van der Waals surface area contributed by atoms with Gasteiger partial charge in [0.05, 0.1) is 0 Å². The summed E-state index contributed by atoms with van der Waals surface area (Å²) in [5.41, 5.74) is 4.67. The van der Waals surface area contributed by atoms with Gasteiger partial charge in [-0.05, 0) is 32.0 Å². The van der Waals surface area contributed by atoms with E-state index in [4.69, 9.17) is 10.5 Å². The van der Waals surface area contributed by atoms with E-state index in [0.717, 1.165) is 0 Å². The number of para-hydroxylation sites is 1. The highest BCUT2D eigenvalue weighted by atomic mass is 19.1.